The molecule has 6 heteroatoms. The van der Waals surface area contributed by atoms with Crippen LogP contribution in [-0.4, -0.2) is 31.4 Å². The Hall–Kier alpha value is -2.18. The molecule has 0 aliphatic carbocycles. The molecule has 0 radical (unpaired) electrons. The van der Waals surface area contributed by atoms with Crippen LogP contribution >= 0.6 is 0 Å². The third-order valence-corrected chi connectivity index (χ3v) is 4.26. The minimum Gasteiger partial charge on any atom is -0.381 e. The number of hydrogen-bond acceptors (Lipinski definition) is 5. The second kappa shape index (κ2) is 8.08. The van der Waals surface area contributed by atoms with Crippen LogP contribution in [0.25, 0.3) is 0 Å². The molecule has 1 aromatic heterocycles. The van der Waals surface area contributed by atoms with E-state index in [9.17, 15) is 4.79 Å². The molecule has 3 rings (SSSR count). The minimum absolute atomic E-state index is 0.0647. The quantitative estimate of drug-likeness (QED) is 0.881. The van der Waals surface area contributed by atoms with Crippen LogP contribution in [0.3, 0.4) is 0 Å². The van der Waals surface area contributed by atoms with E-state index in [0.717, 1.165) is 31.6 Å². The first-order chi connectivity index (χ1) is 11.8. The lowest BCUT2D eigenvalue weighted by Crippen LogP contribution is -2.36. The smallest absolute Gasteiger partial charge is 0.273 e. The summed E-state index contributed by atoms with van der Waals surface area (Å²) in [5, 5.41) is 6.95. The summed E-state index contributed by atoms with van der Waals surface area (Å²) in [6.45, 7) is 1.75. The van der Waals surface area contributed by atoms with E-state index in [1.165, 1.54) is 0 Å². The summed E-state index contributed by atoms with van der Waals surface area (Å²) in [5.41, 5.74) is 1.37. The summed E-state index contributed by atoms with van der Waals surface area (Å²) in [7, 11) is 1.57. The van der Waals surface area contributed by atoms with Crippen molar-refractivity contribution in [3.63, 3.8) is 0 Å². The van der Waals surface area contributed by atoms with Gasteiger partial charge >= 0.3 is 0 Å². The highest BCUT2D eigenvalue weighted by Gasteiger charge is 2.28. The summed E-state index contributed by atoms with van der Waals surface area (Å²) in [5.74, 6) is 0.641. The molecule has 1 atom stereocenters. The number of carbonyl (C=O) groups is 1. The van der Waals surface area contributed by atoms with Gasteiger partial charge in [-0.05, 0) is 24.3 Å². The molecule has 1 aliphatic rings. The van der Waals surface area contributed by atoms with Gasteiger partial charge in [0, 0.05) is 26.4 Å². The van der Waals surface area contributed by atoms with Crippen LogP contribution in [0.1, 0.15) is 40.7 Å². The van der Waals surface area contributed by atoms with Crippen molar-refractivity contribution >= 4 is 5.91 Å². The number of aromatic nitrogens is 1. The molecule has 24 heavy (non-hydrogen) atoms. The molecule has 1 fully saturated rings. The fourth-order valence-electron chi connectivity index (χ4n) is 3.03. The number of nitrogens with one attached hydrogen (secondary N) is 1. The summed E-state index contributed by atoms with van der Waals surface area (Å²) < 4.78 is 15.5. The van der Waals surface area contributed by atoms with E-state index >= 15 is 0 Å². The molecule has 1 aliphatic heterocycles. The molecule has 0 bridgehead atoms. The van der Waals surface area contributed by atoms with E-state index < -0.39 is 0 Å². The van der Waals surface area contributed by atoms with Crippen molar-refractivity contribution in [2.45, 2.75) is 25.5 Å². The molecule has 0 spiro atoms. The molecular formula is C18H22N2O4. The van der Waals surface area contributed by atoms with Gasteiger partial charge in [-0.2, -0.15) is 0 Å². The highest BCUT2D eigenvalue weighted by molar-refractivity contribution is 5.92. The van der Waals surface area contributed by atoms with Gasteiger partial charge in [0.25, 0.3) is 5.91 Å². The average molecular weight is 330 g/mol. The van der Waals surface area contributed by atoms with E-state index in [4.69, 9.17) is 14.0 Å². The van der Waals surface area contributed by atoms with Gasteiger partial charge in [0.15, 0.2) is 11.5 Å². The van der Waals surface area contributed by atoms with Gasteiger partial charge in [0.1, 0.15) is 6.61 Å². The minimum atomic E-state index is -0.235. The number of hydrogen-bond donors (Lipinski definition) is 1. The molecular weight excluding hydrogens is 308 g/mol. The first-order valence-corrected chi connectivity index (χ1v) is 8.16. The van der Waals surface area contributed by atoms with Gasteiger partial charge in [-0.25, -0.2) is 0 Å². The Morgan fingerprint density at radius 1 is 1.33 bits per heavy atom. The predicted molar refractivity (Wildman–Crippen MR) is 87.4 cm³/mol. The zero-order valence-corrected chi connectivity index (χ0v) is 13.7. The van der Waals surface area contributed by atoms with Gasteiger partial charge < -0.3 is 19.3 Å². The van der Waals surface area contributed by atoms with E-state index in [1.807, 2.05) is 30.3 Å². The summed E-state index contributed by atoms with van der Waals surface area (Å²) in [6.07, 6.45) is 1.85. The topological polar surface area (TPSA) is 73.6 Å². The molecule has 128 valence electrons. The lowest BCUT2D eigenvalue weighted by Gasteiger charge is -2.31. The van der Waals surface area contributed by atoms with Crippen molar-refractivity contribution in [2.24, 2.45) is 5.92 Å². The SMILES string of the molecule is COCc1cc(C(=O)N[C@H](c2ccccc2)C2CCOCC2)no1. The highest BCUT2D eigenvalue weighted by Crippen LogP contribution is 2.30. The van der Waals surface area contributed by atoms with Crippen molar-refractivity contribution in [3.8, 4) is 0 Å². The van der Waals surface area contributed by atoms with Crippen molar-refractivity contribution < 1.29 is 18.8 Å². The molecule has 2 aromatic rings. The zero-order valence-electron chi connectivity index (χ0n) is 13.7. The van der Waals surface area contributed by atoms with E-state index in [1.54, 1.807) is 13.2 Å². The van der Waals surface area contributed by atoms with Crippen LogP contribution < -0.4 is 5.32 Å². The summed E-state index contributed by atoms with van der Waals surface area (Å²) in [4.78, 5) is 12.6. The van der Waals surface area contributed by atoms with Crippen LogP contribution in [0.2, 0.25) is 0 Å². The van der Waals surface area contributed by atoms with Crippen LogP contribution in [0.15, 0.2) is 40.9 Å². The first kappa shape index (κ1) is 16.7. The van der Waals surface area contributed by atoms with E-state index in [0.29, 0.717) is 18.3 Å². The molecule has 6 nitrogen and oxygen atoms in total. The second-order valence-electron chi connectivity index (χ2n) is 5.92. The fraction of sp³-hybridized carbons (Fsp3) is 0.444. The molecule has 1 aromatic carbocycles. The maximum atomic E-state index is 12.6. The fourth-order valence-corrected chi connectivity index (χ4v) is 3.03. The molecule has 1 amide bonds. The Morgan fingerprint density at radius 2 is 2.08 bits per heavy atom. The molecule has 1 N–H and O–H groups in total. The van der Waals surface area contributed by atoms with Crippen LogP contribution in [0.4, 0.5) is 0 Å². The number of nitrogens with zero attached hydrogens (tertiary/aromatic N) is 1. The lowest BCUT2D eigenvalue weighted by molar-refractivity contribution is 0.0512. The Labute approximate surface area is 141 Å². The normalized spacial score (nSPS) is 16.7. The monoisotopic (exact) mass is 330 g/mol. The van der Waals surface area contributed by atoms with Gasteiger partial charge in [-0.15, -0.1) is 0 Å². The Bertz CT molecular complexity index is 650. The van der Waals surface area contributed by atoms with Gasteiger partial charge in [-0.1, -0.05) is 35.5 Å². The maximum absolute atomic E-state index is 12.6. The first-order valence-electron chi connectivity index (χ1n) is 8.16. The van der Waals surface area contributed by atoms with Gasteiger partial charge in [0.2, 0.25) is 0 Å². The van der Waals surface area contributed by atoms with Crippen LogP contribution in [0, 0.1) is 5.92 Å². The standard InChI is InChI=1S/C18H22N2O4/c1-22-12-15-11-16(20-24-15)18(21)19-17(13-5-3-2-4-6-13)14-7-9-23-10-8-14/h2-6,11,14,17H,7-10,12H2,1H3,(H,19,21)/t17-/m1/s1. The van der Waals surface area contributed by atoms with E-state index in [2.05, 4.69) is 10.5 Å². The number of amides is 1. The number of carbonyl (C=O) groups excluding carboxylic acids is 1. The number of benzene rings is 1. The predicted octanol–water partition coefficient (Wildman–Crippen LogP) is 2.72. The summed E-state index contributed by atoms with van der Waals surface area (Å²) >= 11 is 0. The average Bonchev–Trinajstić information content (AvgIpc) is 3.10. The number of rotatable bonds is 6. The summed E-state index contributed by atoms with van der Waals surface area (Å²) in [6, 6.07) is 11.6. The lowest BCUT2D eigenvalue weighted by atomic mass is 9.87. The highest BCUT2D eigenvalue weighted by atomic mass is 16.5. The van der Waals surface area contributed by atoms with E-state index in [-0.39, 0.29) is 17.6 Å². The Morgan fingerprint density at radius 3 is 2.79 bits per heavy atom. The maximum Gasteiger partial charge on any atom is 0.273 e. The van der Waals surface area contributed by atoms with Crippen molar-refractivity contribution in [3.05, 3.63) is 53.4 Å². The van der Waals surface area contributed by atoms with Crippen LogP contribution in [-0.2, 0) is 16.1 Å². The van der Waals surface area contributed by atoms with Crippen molar-refractivity contribution in [1.29, 1.82) is 0 Å². The molecule has 2 heterocycles. The van der Waals surface area contributed by atoms with Gasteiger partial charge in [0.05, 0.1) is 6.04 Å². The molecule has 1 saturated heterocycles. The van der Waals surface area contributed by atoms with Gasteiger partial charge in [-0.3, -0.25) is 4.79 Å². The third kappa shape index (κ3) is 4.01. The Balaban J connectivity index is 1.76. The third-order valence-electron chi connectivity index (χ3n) is 4.26. The van der Waals surface area contributed by atoms with Crippen LogP contribution in [0.5, 0.6) is 0 Å². The largest absolute Gasteiger partial charge is 0.381 e. The number of methoxy groups -OCH3 is 1. The molecule has 0 saturated carbocycles. The Kier molecular flexibility index (Phi) is 5.61. The molecule has 0 unspecified atom stereocenters. The number of ether oxygens (including phenoxy) is 2. The van der Waals surface area contributed by atoms with Crippen molar-refractivity contribution in [2.75, 3.05) is 20.3 Å². The zero-order chi connectivity index (χ0) is 16.8. The van der Waals surface area contributed by atoms with Crippen molar-refractivity contribution in [1.82, 2.24) is 10.5 Å². The second-order valence-corrected chi connectivity index (χ2v) is 5.92.